The molecule has 1 unspecified atom stereocenters. The Morgan fingerprint density at radius 1 is 0.630 bits per heavy atom. The summed E-state index contributed by atoms with van der Waals surface area (Å²) in [5, 5.41) is 0. The first-order chi connectivity index (χ1) is 13.3. The fraction of sp³-hybridized carbons (Fsp3) is 0.852. The average Bonchev–Trinajstić information content (AvgIpc) is 2.70. The van der Waals surface area contributed by atoms with Crippen LogP contribution < -0.4 is 0 Å². The zero-order valence-electron chi connectivity index (χ0n) is 20.0. The standard InChI is InChI=1S/C25H48.C2H6/c1-5-8-11-14-16-18-21-24(4)25(22-19-13-10-7-3)23-20-17-15-12-9-6-2;1-2/h18,21,25H,4-17,19-20,22-23H2,1-3H3;1-2H3/b21-18+;. The van der Waals surface area contributed by atoms with Crippen LogP contribution in [0.25, 0.3) is 0 Å². The lowest BCUT2D eigenvalue weighted by Gasteiger charge is -2.17. The van der Waals surface area contributed by atoms with Gasteiger partial charge in [0.05, 0.1) is 0 Å². The summed E-state index contributed by atoms with van der Waals surface area (Å²) < 4.78 is 0. The molecule has 0 saturated heterocycles. The molecule has 1 atom stereocenters. The summed E-state index contributed by atoms with van der Waals surface area (Å²) in [6, 6.07) is 0. The molecule has 0 aromatic carbocycles. The van der Waals surface area contributed by atoms with Gasteiger partial charge >= 0.3 is 0 Å². The van der Waals surface area contributed by atoms with Gasteiger partial charge in [-0.3, -0.25) is 0 Å². The minimum absolute atomic E-state index is 0.731. The van der Waals surface area contributed by atoms with Gasteiger partial charge in [0.15, 0.2) is 0 Å². The number of hydrogen-bond acceptors (Lipinski definition) is 0. The number of unbranched alkanes of at least 4 members (excludes halogenated alkanes) is 12. The molecule has 0 saturated carbocycles. The Bertz CT molecular complexity index is 299. The second kappa shape index (κ2) is 25.5. The maximum absolute atomic E-state index is 4.43. The lowest BCUT2D eigenvalue weighted by atomic mass is 9.88. The average molecular weight is 379 g/mol. The summed E-state index contributed by atoms with van der Waals surface area (Å²) in [5.41, 5.74) is 1.40. The molecule has 0 spiro atoms. The van der Waals surface area contributed by atoms with Crippen LogP contribution in [0.5, 0.6) is 0 Å². The van der Waals surface area contributed by atoms with Crippen LogP contribution in [-0.2, 0) is 0 Å². The second-order valence-electron chi connectivity index (χ2n) is 7.93. The topological polar surface area (TPSA) is 0 Å². The Morgan fingerprint density at radius 2 is 1.04 bits per heavy atom. The van der Waals surface area contributed by atoms with Crippen molar-refractivity contribution in [2.45, 2.75) is 144 Å². The first kappa shape index (κ1) is 28.7. The smallest absolute Gasteiger partial charge is 0.0168 e. The lowest BCUT2D eigenvalue weighted by molar-refractivity contribution is 0.458. The minimum atomic E-state index is 0.731. The number of hydrogen-bond donors (Lipinski definition) is 0. The van der Waals surface area contributed by atoms with E-state index >= 15 is 0 Å². The van der Waals surface area contributed by atoms with Gasteiger partial charge in [0.2, 0.25) is 0 Å². The van der Waals surface area contributed by atoms with Crippen LogP contribution >= 0.6 is 0 Å². The molecule has 162 valence electrons. The van der Waals surface area contributed by atoms with Crippen LogP contribution in [0.3, 0.4) is 0 Å². The van der Waals surface area contributed by atoms with E-state index in [0.29, 0.717) is 0 Å². The molecule has 0 aliphatic carbocycles. The monoisotopic (exact) mass is 378 g/mol. The molecule has 0 aliphatic rings. The summed E-state index contributed by atoms with van der Waals surface area (Å²) in [5.74, 6) is 0.731. The van der Waals surface area contributed by atoms with Gasteiger partial charge in [-0.1, -0.05) is 142 Å². The molecule has 0 heterocycles. The van der Waals surface area contributed by atoms with Gasteiger partial charge in [0.25, 0.3) is 0 Å². The van der Waals surface area contributed by atoms with Gasteiger partial charge < -0.3 is 0 Å². The third-order valence-electron chi connectivity index (χ3n) is 5.39. The molecular weight excluding hydrogens is 324 g/mol. The van der Waals surface area contributed by atoms with Crippen LogP contribution in [-0.4, -0.2) is 0 Å². The van der Waals surface area contributed by atoms with Crippen molar-refractivity contribution in [3.8, 4) is 0 Å². The first-order valence-electron chi connectivity index (χ1n) is 12.6. The van der Waals surface area contributed by atoms with Crippen LogP contribution in [0.4, 0.5) is 0 Å². The summed E-state index contributed by atoms with van der Waals surface area (Å²) in [6.45, 7) is 15.3. The van der Waals surface area contributed by atoms with Crippen LogP contribution in [0.2, 0.25) is 0 Å². The Morgan fingerprint density at radius 3 is 1.56 bits per heavy atom. The van der Waals surface area contributed by atoms with Gasteiger partial charge in [-0.05, 0) is 31.6 Å². The molecule has 0 heteroatoms. The van der Waals surface area contributed by atoms with Crippen molar-refractivity contribution in [1.82, 2.24) is 0 Å². The Balaban J connectivity index is 0. The fourth-order valence-corrected chi connectivity index (χ4v) is 3.56. The first-order valence-corrected chi connectivity index (χ1v) is 12.6. The van der Waals surface area contributed by atoms with Crippen molar-refractivity contribution in [1.29, 1.82) is 0 Å². The van der Waals surface area contributed by atoms with Crippen molar-refractivity contribution in [2.75, 3.05) is 0 Å². The molecular formula is C27H54. The maximum Gasteiger partial charge on any atom is -0.0168 e. The Hall–Kier alpha value is -0.520. The van der Waals surface area contributed by atoms with Crippen molar-refractivity contribution < 1.29 is 0 Å². The van der Waals surface area contributed by atoms with E-state index in [0.717, 1.165) is 5.92 Å². The molecule has 0 aromatic heterocycles. The molecule has 0 aromatic rings. The lowest BCUT2D eigenvalue weighted by Crippen LogP contribution is -2.03. The van der Waals surface area contributed by atoms with E-state index in [9.17, 15) is 0 Å². The summed E-state index contributed by atoms with van der Waals surface area (Å²) in [6.07, 6.45) is 28.1. The van der Waals surface area contributed by atoms with Gasteiger partial charge in [-0.15, -0.1) is 0 Å². The number of allylic oxidation sites excluding steroid dienone is 3. The molecule has 0 N–H and O–H groups in total. The van der Waals surface area contributed by atoms with Gasteiger partial charge in [0, 0.05) is 0 Å². The molecule has 27 heavy (non-hydrogen) atoms. The van der Waals surface area contributed by atoms with Crippen molar-refractivity contribution in [2.24, 2.45) is 5.92 Å². The Kier molecular flexibility index (Phi) is 27.1. The van der Waals surface area contributed by atoms with Crippen molar-refractivity contribution in [3.63, 3.8) is 0 Å². The van der Waals surface area contributed by atoms with E-state index in [1.54, 1.807) is 0 Å². The largest absolute Gasteiger partial charge is 0.0956 e. The third-order valence-corrected chi connectivity index (χ3v) is 5.39. The SMILES string of the molecule is C=C(/C=C/CCCCCC)C(CCCCCC)CCCCCCCC.CC. The van der Waals surface area contributed by atoms with Gasteiger partial charge in [0.1, 0.15) is 0 Å². The summed E-state index contributed by atoms with van der Waals surface area (Å²) >= 11 is 0. The molecule has 0 amide bonds. The quantitative estimate of drug-likeness (QED) is 0.155. The van der Waals surface area contributed by atoms with E-state index in [4.69, 9.17) is 0 Å². The van der Waals surface area contributed by atoms with Crippen molar-refractivity contribution >= 4 is 0 Å². The van der Waals surface area contributed by atoms with Crippen molar-refractivity contribution in [3.05, 3.63) is 24.3 Å². The molecule has 0 bridgehead atoms. The third kappa shape index (κ3) is 21.6. The maximum atomic E-state index is 4.43. The zero-order valence-corrected chi connectivity index (χ0v) is 20.0. The van der Waals surface area contributed by atoms with E-state index in [2.05, 4.69) is 39.5 Å². The molecule has 0 radical (unpaired) electrons. The van der Waals surface area contributed by atoms with E-state index in [1.165, 1.54) is 115 Å². The second-order valence-corrected chi connectivity index (χ2v) is 7.93. The summed E-state index contributed by atoms with van der Waals surface area (Å²) in [7, 11) is 0. The predicted molar refractivity (Wildman–Crippen MR) is 129 cm³/mol. The molecule has 0 aliphatic heterocycles. The highest BCUT2D eigenvalue weighted by atomic mass is 14.2. The van der Waals surface area contributed by atoms with Crippen LogP contribution in [0, 0.1) is 5.92 Å². The minimum Gasteiger partial charge on any atom is -0.0956 e. The normalized spacial score (nSPS) is 12.0. The van der Waals surface area contributed by atoms with Crippen LogP contribution in [0.1, 0.15) is 144 Å². The van der Waals surface area contributed by atoms with Gasteiger partial charge in [-0.2, -0.15) is 0 Å². The van der Waals surface area contributed by atoms with Crippen LogP contribution in [0.15, 0.2) is 24.3 Å². The zero-order chi connectivity index (χ0) is 20.6. The highest BCUT2D eigenvalue weighted by Crippen LogP contribution is 2.25. The fourth-order valence-electron chi connectivity index (χ4n) is 3.56. The van der Waals surface area contributed by atoms with E-state index in [1.807, 2.05) is 13.8 Å². The predicted octanol–water partition coefficient (Wildman–Crippen LogP) is 10.4. The Labute approximate surface area is 174 Å². The highest BCUT2D eigenvalue weighted by Gasteiger charge is 2.10. The van der Waals surface area contributed by atoms with E-state index < -0.39 is 0 Å². The molecule has 0 rings (SSSR count). The van der Waals surface area contributed by atoms with Gasteiger partial charge in [-0.25, -0.2) is 0 Å². The molecule has 0 nitrogen and oxygen atoms in total. The summed E-state index contributed by atoms with van der Waals surface area (Å²) in [4.78, 5) is 0. The number of rotatable bonds is 19. The highest BCUT2D eigenvalue weighted by molar-refractivity contribution is 5.17. The molecule has 0 fully saturated rings. The van der Waals surface area contributed by atoms with E-state index in [-0.39, 0.29) is 0 Å².